The van der Waals surface area contributed by atoms with Crippen molar-refractivity contribution in [1.29, 1.82) is 0 Å². The monoisotopic (exact) mass is 203 g/mol. The standard InChI is InChI=1S/C12H13NO2/c1-9(15)11-5-4-10-3-2-6-13(8-14)12(10)7-11/h4-5,7-8H,2-3,6H2,1H3. The van der Waals surface area contributed by atoms with Gasteiger partial charge in [-0.2, -0.15) is 0 Å². The Balaban J connectivity index is 2.47. The van der Waals surface area contributed by atoms with Gasteiger partial charge in [0.2, 0.25) is 6.41 Å². The number of hydrogen-bond donors (Lipinski definition) is 0. The Morgan fingerprint density at radius 1 is 1.47 bits per heavy atom. The molecule has 3 heteroatoms. The van der Waals surface area contributed by atoms with Crippen molar-refractivity contribution in [3.8, 4) is 0 Å². The normalized spacial score (nSPS) is 14.6. The lowest BCUT2D eigenvalue weighted by Crippen LogP contribution is -2.27. The SMILES string of the molecule is CC(=O)c1ccc2c(c1)N(C=O)CCC2. The van der Waals surface area contributed by atoms with Gasteiger partial charge in [0.25, 0.3) is 0 Å². The van der Waals surface area contributed by atoms with Gasteiger partial charge in [0.05, 0.1) is 0 Å². The maximum atomic E-state index is 11.2. The third-order valence-electron chi connectivity index (χ3n) is 2.77. The molecule has 0 bridgehead atoms. The summed E-state index contributed by atoms with van der Waals surface area (Å²) in [6.45, 7) is 2.29. The first-order chi connectivity index (χ1) is 7.22. The fourth-order valence-electron chi connectivity index (χ4n) is 1.93. The van der Waals surface area contributed by atoms with Crippen molar-refractivity contribution in [2.24, 2.45) is 0 Å². The Labute approximate surface area is 88.7 Å². The summed E-state index contributed by atoms with van der Waals surface area (Å²) < 4.78 is 0. The van der Waals surface area contributed by atoms with Crippen LogP contribution in [0.25, 0.3) is 0 Å². The largest absolute Gasteiger partial charge is 0.315 e. The van der Waals surface area contributed by atoms with Crippen molar-refractivity contribution in [1.82, 2.24) is 0 Å². The average molecular weight is 203 g/mol. The molecule has 1 aromatic rings. The molecular weight excluding hydrogens is 190 g/mol. The fourth-order valence-corrected chi connectivity index (χ4v) is 1.93. The molecular formula is C12H13NO2. The van der Waals surface area contributed by atoms with Crippen molar-refractivity contribution in [3.63, 3.8) is 0 Å². The zero-order valence-electron chi connectivity index (χ0n) is 8.69. The summed E-state index contributed by atoms with van der Waals surface area (Å²) in [6, 6.07) is 5.59. The smallest absolute Gasteiger partial charge is 0.214 e. The highest BCUT2D eigenvalue weighted by Crippen LogP contribution is 2.27. The van der Waals surface area contributed by atoms with Gasteiger partial charge in [-0.15, -0.1) is 0 Å². The average Bonchev–Trinajstić information content (AvgIpc) is 2.27. The van der Waals surface area contributed by atoms with Crippen LogP contribution >= 0.6 is 0 Å². The molecule has 0 unspecified atom stereocenters. The minimum atomic E-state index is 0.0363. The van der Waals surface area contributed by atoms with Gasteiger partial charge in [-0.1, -0.05) is 12.1 Å². The molecule has 1 heterocycles. The van der Waals surface area contributed by atoms with E-state index in [4.69, 9.17) is 0 Å². The van der Waals surface area contributed by atoms with Crippen molar-refractivity contribution >= 4 is 17.9 Å². The summed E-state index contributed by atoms with van der Waals surface area (Å²) >= 11 is 0. The van der Waals surface area contributed by atoms with Gasteiger partial charge in [0.1, 0.15) is 0 Å². The number of aryl methyl sites for hydroxylation is 1. The van der Waals surface area contributed by atoms with Crippen LogP contribution in [0.4, 0.5) is 5.69 Å². The Bertz CT molecular complexity index is 412. The molecule has 1 aromatic carbocycles. The van der Waals surface area contributed by atoms with Gasteiger partial charge in [-0.3, -0.25) is 9.59 Å². The number of rotatable bonds is 2. The molecule has 2 rings (SSSR count). The summed E-state index contributed by atoms with van der Waals surface area (Å²) in [4.78, 5) is 23.7. The van der Waals surface area contributed by atoms with Crippen LogP contribution in [0.5, 0.6) is 0 Å². The van der Waals surface area contributed by atoms with E-state index < -0.39 is 0 Å². The number of benzene rings is 1. The number of fused-ring (bicyclic) bond motifs is 1. The van der Waals surface area contributed by atoms with Crippen molar-refractivity contribution < 1.29 is 9.59 Å². The van der Waals surface area contributed by atoms with Gasteiger partial charge >= 0.3 is 0 Å². The number of amides is 1. The van der Waals surface area contributed by atoms with Gasteiger partial charge in [-0.25, -0.2) is 0 Å². The predicted octanol–water partition coefficient (Wildman–Crippen LogP) is 1.80. The fraction of sp³-hybridized carbons (Fsp3) is 0.333. The summed E-state index contributed by atoms with van der Waals surface area (Å²) in [6.07, 6.45) is 2.81. The third-order valence-corrected chi connectivity index (χ3v) is 2.77. The number of Topliss-reactive ketones (excluding diaryl/α,β-unsaturated/α-hetero) is 1. The van der Waals surface area contributed by atoms with Crippen LogP contribution in [-0.2, 0) is 11.2 Å². The molecule has 0 atom stereocenters. The summed E-state index contributed by atoms with van der Waals surface area (Å²) in [5.74, 6) is 0.0363. The van der Waals surface area contributed by atoms with Gasteiger partial charge in [-0.05, 0) is 31.4 Å². The number of carbonyl (C=O) groups excluding carboxylic acids is 2. The predicted molar refractivity (Wildman–Crippen MR) is 58.2 cm³/mol. The van der Waals surface area contributed by atoms with Crippen LogP contribution in [-0.4, -0.2) is 18.7 Å². The van der Waals surface area contributed by atoms with Crippen LogP contribution in [0.2, 0.25) is 0 Å². The molecule has 0 saturated carbocycles. The minimum Gasteiger partial charge on any atom is -0.315 e. The summed E-state index contributed by atoms with van der Waals surface area (Å²) in [5, 5.41) is 0. The van der Waals surface area contributed by atoms with E-state index in [0.717, 1.165) is 37.0 Å². The van der Waals surface area contributed by atoms with Gasteiger partial charge in [0, 0.05) is 17.8 Å². The topological polar surface area (TPSA) is 37.4 Å². The first-order valence-corrected chi connectivity index (χ1v) is 5.08. The Morgan fingerprint density at radius 2 is 2.27 bits per heavy atom. The molecule has 1 aliphatic rings. The van der Waals surface area contributed by atoms with Crippen LogP contribution in [0.1, 0.15) is 29.3 Å². The second-order valence-corrected chi connectivity index (χ2v) is 3.80. The highest BCUT2D eigenvalue weighted by molar-refractivity contribution is 5.96. The van der Waals surface area contributed by atoms with Crippen molar-refractivity contribution in [2.75, 3.05) is 11.4 Å². The van der Waals surface area contributed by atoms with Gasteiger partial charge < -0.3 is 4.90 Å². The van der Waals surface area contributed by atoms with E-state index in [9.17, 15) is 9.59 Å². The number of carbonyl (C=O) groups is 2. The maximum Gasteiger partial charge on any atom is 0.214 e. The van der Waals surface area contributed by atoms with Crippen LogP contribution in [0.15, 0.2) is 18.2 Å². The number of nitrogens with zero attached hydrogens (tertiary/aromatic N) is 1. The third kappa shape index (κ3) is 1.77. The zero-order chi connectivity index (χ0) is 10.8. The van der Waals surface area contributed by atoms with Gasteiger partial charge in [0.15, 0.2) is 5.78 Å². The highest BCUT2D eigenvalue weighted by Gasteiger charge is 2.16. The molecule has 0 aliphatic carbocycles. The molecule has 15 heavy (non-hydrogen) atoms. The van der Waals surface area contributed by atoms with E-state index in [1.54, 1.807) is 4.90 Å². The quantitative estimate of drug-likeness (QED) is 0.543. The molecule has 78 valence electrons. The maximum absolute atomic E-state index is 11.2. The summed E-state index contributed by atoms with van der Waals surface area (Å²) in [7, 11) is 0. The lowest BCUT2D eigenvalue weighted by atomic mass is 9.99. The molecule has 0 N–H and O–H groups in total. The minimum absolute atomic E-state index is 0.0363. The molecule has 0 fully saturated rings. The van der Waals surface area contributed by atoms with Crippen molar-refractivity contribution in [2.45, 2.75) is 19.8 Å². The summed E-state index contributed by atoms with van der Waals surface area (Å²) in [5.41, 5.74) is 2.71. The highest BCUT2D eigenvalue weighted by atomic mass is 16.1. The molecule has 0 aromatic heterocycles. The second-order valence-electron chi connectivity index (χ2n) is 3.80. The molecule has 0 saturated heterocycles. The van der Waals surface area contributed by atoms with E-state index >= 15 is 0 Å². The van der Waals surface area contributed by atoms with E-state index in [2.05, 4.69) is 0 Å². The first kappa shape index (κ1) is 9.90. The first-order valence-electron chi connectivity index (χ1n) is 5.08. The number of hydrogen-bond acceptors (Lipinski definition) is 2. The Morgan fingerprint density at radius 3 is 2.93 bits per heavy atom. The van der Waals surface area contributed by atoms with E-state index in [-0.39, 0.29) is 5.78 Å². The van der Waals surface area contributed by atoms with Crippen LogP contribution in [0.3, 0.4) is 0 Å². The van der Waals surface area contributed by atoms with Crippen molar-refractivity contribution in [3.05, 3.63) is 29.3 Å². The lowest BCUT2D eigenvalue weighted by Gasteiger charge is -2.26. The van der Waals surface area contributed by atoms with E-state index in [1.165, 1.54) is 6.92 Å². The molecule has 3 nitrogen and oxygen atoms in total. The molecule has 0 spiro atoms. The molecule has 1 aliphatic heterocycles. The zero-order valence-corrected chi connectivity index (χ0v) is 8.69. The van der Waals surface area contributed by atoms with E-state index in [0.29, 0.717) is 5.56 Å². The van der Waals surface area contributed by atoms with Crippen LogP contribution < -0.4 is 4.90 Å². The Hall–Kier alpha value is -1.64. The number of anilines is 1. The van der Waals surface area contributed by atoms with Crippen LogP contribution in [0, 0.1) is 0 Å². The molecule has 1 amide bonds. The Kier molecular flexibility index (Phi) is 2.54. The van der Waals surface area contributed by atoms with E-state index in [1.807, 2.05) is 18.2 Å². The second kappa shape index (κ2) is 3.85. The lowest BCUT2D eigenvalue weighted by molar-refractivity contribution is -0.107. The number of ketones is 1. The molecule has 0 radical (unpaired) electrons.